The summed E-state index contributed by atoms with van der Waals surface area (Å²) in [5.74, 6) is 13.5. The largest absolute Gasteiger partial charge is 0.192 e. The van der Waals surface area contributed by atoms with Crippen LogP contribution in [0.2, 0.25) is 0 Å². The molecular formula is C44H24N4S4. The fraction of sp³-hybridized carbons (Fsp3) is 0.0455. The lowest BCUT2D eigenvalue weighted by Crippen LogP contribution is -2.17. The summed E-state index contributed by atoms with van der Waals surface area (Å²) in [6, 6.07) is 39.2. The molecule has 0 aromatic heterocycles. The molecule has 52 heavy (non-hydrogen) atoms. The van der Waals surface area contributed by atoms with Gasteiger partial charge in [0.25, 0.3) is 0 Å². The van der Waals surface area contributed by atoms with Crippen molar-refractivity contribution in [1.82, 2.24) is 0 Å². The van der Waals surface area contributed by atoms with Crippen LogP contribution in [0.15, 0.2) is 117 Å². The summed E-state index contributed by atoms with van der Waals surface area (Å²) in [4.78, 5) is 0. The Morgan fingerprint density at radius 1 is 0.538 bits per heavy atom. The van der Waals surface area contributed by atoms with Gasteiger partial charge in [-0.1, -0.05) is 120 Å². The quantitative estimate of drug-likeness (QED) is 0.102. The molecule has 0 saturated carbocycles. The van der Waals surface area contributed by atoms with E-state index in [1.807, 2.05) is 108 Å². The Kier molecular flexibility index (Phi) is 11.6. The molecule has 0 amide bonds. The molecule has 0 aliphatic carbocycles. The van der Waals surface area contributed by atoms with Crippen molar-refractivity contribution in [3.8, 4) is 48.0 Å². The van der Waals surface area contributed by atoms with E-state index in [0.717, 1.165) is 49.0 Å². The topological polar surface area (TPSA) is 95.2 Å². The molecule has 0 spiro atoms. The first-order valence-electron chi connectivity index (χ1n) is 15.6. The maximum atomic E-state index is 9.16. The third-order valence-electron chi connectivity index (χ3n) is 7.88. The average Bonchev–Trinajstić information content (AvgIpc) is 3.62. The molecule has 1 aliphatic heterocycles. The number of thioether (sulfide) groups is 4. The predicted octanol–water partition coefficient (Wildman–Crippen LogP) is 9.51. The van der Waals surface area contributed by atoms with Gasteiger partial charge in [-0.25, -0.2) is 0 Å². The molecule has 0 fully saturated rings. The Labute approximate surface area is 319 Å². The third kappa shape index (κ3) is 7.84. The predicted molar refractivity (Wildman–Crippen MR) is 222 cm³/mol. The van der Waals surface area contributed by atoms with Crippen LogP contribution < -0.4 is 10.4 Å². The van der Waals surface area contributed by atoms with Gasteiger partial charge in [-0.3, -0.25) is 0 Å². The average molecular weight is 737 g/mol. The number of nitrogens with zero attached hydrogens (tertiary/aromatic N) is 4. The van der Waals surface area contributed by atoms with E-state index < -0.39 is 0 Å². The SMILES string of the molecule is CSC1=C(SC)SC(=c2c3ccccc3c(=C(C#Cc3ccc(C=C(C#N)C#N)cc3)C#Cc3ccc(C=C(C#N)C#N)cc3)c3ccccc23)S1. The van der Waals surface area contributed by atoms with Crippen LogP contribution in [-0.2, 0) is 0 Å². The molecule has 0 atom stereocenters. The van der Waals surface area contributed by atoms with Crippen LogP contribution in [-0.4, -0.2) is 12.5 Å². The Morgan fingerprint density at radius 3 is 1.29 bits per heavy atom. The van der Waals surface area contributed by atoms with Crippen molar-refractivity contribution in [3.05, 3.63) is 149 Å². The fourth-order valence-corrected chi connectivity index (χ4v) is 10.6. The maximum Gasteiger partial charge on any atom is 0.130 e. The smallest absolute Gasteiger partial charge is 0.130 e. The van der Waals surface area contributed by atoms with Crippen molar-refractivity contribution < 1.29 is 0 Å². The summed E-state index contributed by atoms with van der Waals surface area (Å²) in [5, 5.41) is 43.1. The van der Waals surface area contributed by atoms with Crippen molar-refractivity contribution in [2.75, 3.05) is 12.5 Å². The van der Waals surface area contributed by atoms with E-state index in [1.54, 1.807) is 35.7 Å². The van der Waals surface area contributed by atoms with Gasteiger partial charge in [0.1, 0.15) is 35.4 Å². The molecule has 6 rings (SSSR count). The van der Waals surface area contributed by atoms with Gasteiger partial charge in [-0.15, -0.1) is 23.5 Å². The van der Waals surface area contributed by atoms with Gasteiger partial charge in [0.2, 0.25) is 0 Å². The number of fused-ring (bicyclic) bond motifs is 2. The summed E-state index contributed by atoms with van der Waals surface area (Å²) < 4.78 is 3.87. The summed E-state index contributed by atoms with van der Waals surface area (Å²) >= 11 is 7.22. The first-order chi connectivity index (χ1) is 25.5. The van der Waals surface area contributed by atoms with Crippen LogP contribution in [0.25, 0.3) is 43.5 Å². The number of rotatable bonds is 4. The monoisotopic (exact) mass is 736 g/mol. The zero-order chi connectivity index (χ0) is 36.5. The summed E-state index contributed by atoms with van der Waals surface area (Å²) in [5.41, 5.74) is 3.71. The van der Waals surface area contributed by atoms with Crippen molar-refractivity contribution >= 4 is 90.6 Å². The van der Waals surface area contributed by atoms with Crippen molar-refractivity contribution in [2.24, 2.45) is 0 Å². The van der Waals surface area contributed by atoms with Gasteiger partial charge in [0.05, 0.1) is 18.3 Å². The van der Waals surface area contributed by atoms with Crippen LogP contribution in [0.5, 0.6) is 0 Å². The van der Waals surface area contributed by atoms with Gasteiger partial charge < -0.3 is 0 Å². The number of hydrogen-bond donors (Lipinski definition) is 0. The molecule has 0 N–H and O–H groups in total. The van der Waals surface area contributed by atoms with Gasteiger partial charge >= 0.3 is 0 Å². The van der Waals surface area contributed by atoms with Crippen LogP contribution in [0, 0.1) is 69.0 Å². The van der Waals surface area contributed by atoms with Crippen molar-refractivity contribution in [3.63, 3.8) is 0 Å². The molecule has 8 heteroatoms. The number of benzene rings is 5. The van der Waals surface area contributed by atoms with Crippen LogP contribution in [0.3, 0.4) is 0 Å². The second-order valence-electron chi connectivity index (χ2n) is 11.0. The minimum absolute atomic E-state index is 0.0317. The highest BCUT2D eigenvalue weighted by Gasteiger charge is 2.22. The lowest BCUT2D eigenvalue weighted by molar-refractivity contribution is 1.47. The highest BCUT2D eigenvalue weighted by Crippen LogP contribution is 2.57. The zero-order valence-corrected chi connectivity index (χ0v) is 31.1. The van der Waals surface area contributed by atoms with E-state index in [9.17, 15) is 0 Å². The van der Waals surface area contributed by atoms with Crippen LogP contribution in [0.4, 0.5) is 0 Å². The molecule has 1 heterocycles. The highest BCUT2D eigenvalue weighted by atomic mass is 32.3. The van der Waals surface area contributed by atoms with E-state index in [-0.39, 0.29) is 11.1 Å². The van der Waals surface area contributed by atoms with Gasteiger partial charge in [0, 0.05) is 21.6 Å². The number of hydrogen-bond acceptors (Lipinski definition) is 8. The van der Waals surface area contributed by atoms with Gasteiger partial charge in [-0.2, -0.15) is 21.0 Å². The molecule has 0 unspecified atom stereocenters. The molecule has 4 nitrogen and oxygen atoms in total. The molecular weight excluding hydrogens is 713 g/mol. The molecule has 0 bridgehead atoms. The Bertz CT molecular complexity index is 2580. The van der Waals surface area contributed by atoms with Gasteiger partial charge in [-0.05, 0) is 81.6 Å². The molecule has 244 valence electrons. The van der Waals surface area contributed by atoms with Gasteiger partial charge in [0.15, 0.2) is 0 Å². The molecule has 5 aromatic carbocycles. The molecule has 0 radical (unpaired) electrons. The second-order valence-corrected chi connectivity index (χ2v) is 15.4. The van der Waals surface area contributed by atoms with E-state index in [4.69, 9.17) is 21.0 Å². The lowest BCUT2D eigenvalue weighted by Gasteiger charge is -2.10. The summed E-state index contributed by atoms with van der Waals surface area (Å²) in [6.07, 6.45) is 7.34. The summed E-state index contributed by atoms with van der Waals surface area (Å²) in [6.45, 7) is 0. The maximum absolute atomic E-state index is 9.16. The Morgan fingerprint density at radius 2 is 0.923 bits per heavy atom. The minimum atomic E-state index is 0.0317. The molecule has 0 saturated heterocycles. The third-order valence-corrected chi connectivity index (χ3v) is 13.1. The zero-order valence-electron chi connectivity index (χ0n) is 27.8. The van der Waals surface area contributed by atoms with Crippen LogP contribution >= 0.6 is 47.0 Å². The normalized spacial score (nSPS) is 11.5. The minimum Gasteiger partial charge on any atom is -0.192 e. The van der Waals surface area contributed by atoms with E-state index in [1.165, 1.54) is 17.9 Å². The Hall–Kier alpha value is -5.94. The molecule has 1 aliphatic rings. The second kappa shape index (κ2) is 16.8. The standard InChI is InChI=1S/C44H24N4S4/c1-49-43-44(50-2)52-42(51-43)41-38-9-5-3-7-36(38)40(37-8-4-6-10-39(37)41)35(21-19-29-11-15-31(16-12-29)23-33(25-45)26-46)22-20-30-13-17-32(18-14-30)24-34(27-47)28-48/h3-18,23-24H,1-2H3. The van der Waals surface area contributed by atoms with Crippen molar-refractivity contribution in [2.45, 2.75) is 0 Å². The number of allylic oxidation sites excluding steroid dienone is 2. The fourth-order valence-electron chi connectivity index (χ4n) is 5.51. The first kappa shape index (κ1) is 35.9. The van der Waals surface area contributed by atoms with E-state index in [0.29, 0.717) is 5.57 Å². The van der Waals surface area contributed by atoms with E-state index >= 15 is 0 Å². The van der Waals surface area contributed by atoms with E-state index in [2.05, 4.69) is 72.6 Å². The molecule has 5 aromatic rings. The first-order valence-corrected chi connectivity index (χ1v) is 19.7. The summed E-state index contributed by atoms with van der Waals surface area (Å²) in [7, 11) is 0. The van der Waals surface area contributed by atoms with Crippen LogP contribution in [0.1, 0.15) is 22.3 Å². The number of nitriles is 4. The Balaban J connectivity index is 1.62. The highest BCUT2D eigenvalue weighted by molar-refractivity contribution is 8.45. The van der Waals surface area contributed by atoms with Crippen molar-refractivity contribution in [1.29, 1.82) is 21.0 Å². The lowest BCUT2D eigenvalue weighted by atomic mass is 9.95.